The highest BCUT2D eigenvalue weighted by atomic mass is 16.1. The highest BCUT2D eigenvalue weighted by molar-refractivity contribution is 5.93. The minimum atomic E-state index is -0.414. The van der Waals surface area contributed by atoms with Crippen molar-refractivity contribution in [2.24, 2.45) is 5.73 Å². The molecule has 0 aromatic carbocycles. The van der Waals surface area contributed by atoms with Crippen LogP contribution in [0.25, 0.3) is 0 Å². The number of aromatic nitrogens is 1. The van der Waals surface area contributed by atoms with Gasteiger partial charge < -0.3 is 16.4 Å². The molecule has 1 atom stereocenters. The highest BCUT2D eigenvalue weighted by Gasteiger charge is 2.13. The Hall–Kier alpha value is -1.62. The number of aryl methyl sites for hydroxylation is 1. The van der Waals surface area contributed by atoms with E-state index in [1.807, 2.05) is 6.92 Å². The number of amides is 1. The maximum atomic E-state index is 11.2. The van der Waals surface area contributed by atoms with Gasteiger partial charge in [0.05, 0.1) is 0 Å². The molecule has 1 aliphatic rings. The van der Waals surface area contributed by atoms with Gasteiger partial charge in [0, 0.05) is 23.8 Å². The first-order chi connectivity index (χ1) is 8.65. The van der Waals surface area contributed by atoms with E-state index in [0.29, 0.717) is 11.6 Å². The van der Waals surface area contributed by atoms with Gasteiger partial charge in [-0.25, -0.2) is 4.98 Å². The lowest BCUT2D eigenvalue weighted by Gasteiger charge is -2.17. The number of nitrogens with one attached hydrogen (secondary N) is 2. The van der Waals surface area contributed by atoms with Crippen molar-refractivity contribution < 1.29 is 4.79 Å². The summed E-state index contributed by atoms with van der Waals surface area (Å²) in [6.07, 6.45) is 3.54. The van der Waals surface area contributed by atoms with Crippen molar-refractivity contribution in [3.8, 4) is 0 Å². The Balaban J connectivity index is 2.10. The number of rotatable bonds is 3. The first-order valence-electron chi connectivity index (χ1n) is 6.41. The van der Waals surface area contributed by atoms with Crippen LogP contribution in [-0.4, -0.2) is 30.0 Å². The molecular weight excluding hydrogens is 228 g/mol. The van der Waals surface area contributed by atoms with Crippen LogP contribution in [0.3, 0.4) is 0 Å². The fraction of sp³-hybridized carbons (Fsp3) is 0.538. The van der Waals surface area contributed by atoms with Crippen LogP contribution in [0.15, 0.2) is 12.1 Å². The third-order valence-corrected chi connectivity index (χ3v) is 3.14. The highest BCUT2D eigenvalue weighted by Crippen LogP contribution is 2.14. The van der Waals surface area contributed by atoms with E-state index in [-0.39, 0.29) is 0 Å². The number of hydrogen-bond donors (Lipinski definition) is 3. The summed E-state index contributed by atoms with van der Waals surface area (Å²) in [6.45, 7) is 3.87. The smallest absolute Gasteiger partial charge is 0.248 e. The lowest BCUT2D eigenvalue weighted by Crippen LogP contribution is -2.31. The molecule has 1 amide bonds. The summed E-state index contributed by atoms with van der Waals surface area (Å²) >= 11 is 0. The Morgan fingerprint density at radius 3 is 3.11 bits per heavy atom. The molecule has 18 heavy (non-hydrogen) atoms. The number of hydrogen-bond acceptors (Lipinski definition) is 4. The largest absolute Gasteiger partial charge is 0.366 e. The SMILES string of the molecule is Cc1cc(C(N)=O)cc(NC2CCCCNC2)n1. The van der Waals surface area contributed by atoms with Crippen molar-refractivity contribution in [2.45, 2.75) is 32.2 Å². The molecule has 0 spiro atoms. The minimum absolute atomic E-state index is 0.363. The molecule has 1 unspecified atom stereocenters. The lowest BCUT2D eigenvalue weighted by molar-refractivity contribution is 0.1000. The molecule has 0 aliphatic carbocycles. The fourth-order valence-electron chi connectivity index (χ4n) is 2.24. The third-order valence-electron chi connectivity index (χ3n) is 3.14. The average Bonchev–Trinajstić information content (AvgIpc) is 2.57. The Bertz CT molecular complexity index is 425. The zero-order valence-corrected chi connectivity index (χ0v) is 10.7. The van der Waals surface area contributed by atoms with E-state index >= 15 is 0 Å². The van der Waals surface area contributed by atoms with Gasteiger partial charge in [-0.05, 0) is 38.4 Å². The normalized spacial score (nSPS) is 20.2. The molecule has 1 fully saturated rings. The molecule has 1 aromatic heterocycles. The van der Waals surface area contributed by atoms with E-state index in [2.05, 4.69) is 15.6 Å². The standard InChI is InChI=1S/C13H20N4O/c1-9-6-10(13(14)18)7-12(16-9)17-11-4-2-3-5-15-8-11/h6-7,11,15H,2-5,8H2,1H3,(H2,14,18)(H,16,17). The maximum absolute atomic E-state index is 11.2. The van der Waals surface area contributed by atoms with E-state index in [9.17, 15) is 4.79 Å². The number of carbonyl (C=O) groups is 1. The first-order valence-corrected chi connectivity index (χ1v) is 6.41. The number of primary amides is 1. The topological polar surface area (TPSA) is 80.0 Å². The molecule has 2 heterocycles. The van der Waals surface area contributed by atoms with Crippen LogP contribution in [-0.2, 0) is 0 Å². The van der Waals surface area contributed by atoms with Crippen molar-refractivity contribution in [2.75, 3.05) is 18.4 Å². The molecule has 2 rings (SSSR count). The quantitative estimate of drug-likeness (QED) is 0.746. The summed E-state index contributed by atoms with van der Waals surface area (Å²) in [5.41, 5.74) is 6.61. The number of nitrogens with two attached hydrogens (primary N) is 1. The first kappa shape index (κ1) is 12.8. The van der Waals surface area contributed by atoms with Crippen LogP contribution in [0.2, 0.25) is 0 Å². The van der Waals surface area contributed by atoms with Gasteiger partial charge in [-0.2, -0.15) is 0 Å². The molecule has 0 radical (unpaired) electrons. The molecule has 0 bridgehead atoms. The Labute approximate surface area is 107 Å². The van der Waals surface area contributed by atoms with Crippen LogP contribution in [0.4, 0.5) is 5.82 Å². The summed E-state index contributed by atoms with van der Waals surface area (Å²) in [7, 11) is 0. The second-order valence-electron chi connectivity index (χ2n) is 4.79. The zero-order chi connectivity index (χ0) is 13.0. The number of carbonyl (C=O) groups excluding carboxylic acids is 1. The maximum Gasteiger partial charge on any atom is 0.248 e. The fourth-order valence-corrected chi connectivity index (χ4v) is 2.24. The van der Waals surface area contributed by atoms with Crippen molar-refractivity contribution in [1.29, 1.82) is 0 Å². The third kappa shape index (κ3) is 3.43. The molecule has 1 aromatic rings. The predicted molar refractivity (Wildman–Crippen MR) is 71.6 cm³/mol. The minimum Gasteiger partial charge on any atom is -0.366 e. The van der Waals surface area contributed by atoms with Crippen LogP contribution < -0.4 is 16.4 Å². The number of nitrogens with zero attached hydrogens (tertiary/aromatic N) is 1. The zero-order valence-electron chi connectivity index (χ0n) is 10.7. The molecule has 98 valence electrons. The molecule has 0 saturated carbocycles. The van der Waals surface area contributed by atoms with Gasteiger partial charge in [0.1, 0.15) is 5.82 Å². The molecule has 5 nitrogen and oxygen atoms in total. The molecule has 1 aliphatic heterocycles. The Kier molecular flexibility index (Phi) is 4.15. The van der Waals surface area contributed by atoms with Gasteiger partial charge in [-0.15, -0.1) is 0 Å². The van der Waals surface area contributed by atoms with Gasteiger partial charge >= 0.3 is 0 Å². The van der Waals surface area contributed by atoms with Crippen molar-refractivity contribution in [1.82, 2.24) is 10.3 Å². The van der Waals surface area contributed by atoms with Crippen molar-refractivity contribution >= 4 is 11.7 Å². The van der Waals surface area contributed by atoms with Crippen LogP contribution in [0.1, 0.15) is 35.3 Å². The average molecular weight is 248 g/mol. The second-order valence-corrected chi connectivity index (χ2v) is 4.79. The second kappa shape index (κ2) is 5.82. The summed E-state index contributed by atoms with van der Waals surface area (Å²) < 4.78 is 0. The predicted octanol–water partition coefficient (Wildman–Crippen LogP) is 1.04. The Morgan fingerprint density at radius 1 is 1.50 bits per heavy atom. The van der Waals surface area contributed by atoms with E-state index in [4.69, 9.17) is 5.73 Å². The molecule has 4 N–H and O–H groups in total. The van der Waals surface area contributed by atoms with Gasteiger partial charge in [0.15, 0.2) is 0 Å². The van der Waals surface area contributed by atoms with Gasteiger partial charge in [-0.1, -0.05) is 6.42 Å². The van der Waals surface area contributed by atoms with Crippen LogP contribution in [0.5, 0.6) is 0 Å². The van der Waals surface area contributed by atoms with Gasteiger partial charge in [0.25, 0.3) is 0 Å². The van der Waals surface area contributed by atoms with Gasteiger partial charge in [-0.3, -0.25) is 4.79 Å². The monoisotopic (exact) mass is 248 g/mol. The number of pyridine rings is 1. The van der Waals surface area contributed by atoms with Crippen LogP contribution >= 0.6 is 0 Å². The molecule has 1 saturated heterocycles. The van der Waals surface area contributed by atoms with E-state index in [1.54, 1.807) is 12.1 Å². The van der Waals surface area contributed by atoms with Crippen molar-refractivity contribution in [3.05, 3.63) is 23.4 Å². The van der Waals surface area contributed by atoms with Crippen molar-refractivity contribution in [3.63, 3.8) is 0 Å². The van der Waals surface area contributed by atoms with E-state index in [1.165, 1.54) is 12.8 Å². The van der Waals surface area contributed by atoms with Gasteiger partial charge in [0.2, 0.25) is 5.91 Å². The lowest BCUT2D eigenvalue weighted by atomic mass is 10.1. The molecule has 5 heteroatoms. The number of anilines is 1. The summed E-state index contributed by atoms with van der Waals surface area (Å²) in [5, 5.41) is 6.76. The summed E-state index contributed by atoms with van der Waals surface area (Å²) in [5.74, 6) is 0.319. The summed E-state index contributed by atoms with van der Waals surface area (Å²) in [6, 6.07) is 3.79. The Morgan fingerprint density at radius 2 is 2.33 bits per heavy atom. The van der Waals surface area contributed by atoms with Crippen LogP contribution in [0, 0.1) is 6.92 Å². The van der Waals surface area contributed by atoms with E-state index in [0.717, 1.165) is 31.0 Å². The van der Waals surface area contributed by atoms with E-state index < -0.39 is 5.91 Å². The summed E-state index contributed by atoms with van der Waals surface area (Å²) in [4.78, 5) is 15.6. The molecular formula is C13H20N4O.